The predicted octanol–water partition coefficient (Wildman–Crippen LogP) is 4.61. The first-order valence-electron chi connectivity index (χ1n) is 9.86. The molecule has 7 heteroatoms. The summed E-state index contributed by atoms with van der Waals surface area (Å²) < 4.78 is 18.7. The van der Waals surface area contributed by atoms with Gasteiger partial charge in [0, 0.05) is 23.6 Å². The lowest BCUT2D eigenvalue weighted by Gasteiger charge is -2.13. The Bertz CT molecular complexity index is 919. The number of thioether (sulfide) groups is 1. The van der Waals surface area contributed by atoms with Gasteiger partial charge < -0.3 is 14.2 Å². The zero-order chi connectivity index (χ0) is 20.1. The summed E-state index contributed by atoms with van der Waals surface area (Å²) in [6.07, 6.45) is 2.53. The Morgan fingerprint density at radius 2 is 1.83 bits per heavy atom. The molecule has 6 nitrogen and oxygen atoms in total. The number of hydrogen-bond donors (Lipinski definition) is 0. The minimum absolute atomic E-state index is 0.287. The van der Waals surface area contributed by atoms with Gasteiger partial charge in [-0.15, -0.1) is 10.2 Å². The highest BCUT2D eigenvalue weighted by Crippen LogP contribution is 2.31. The summed E-state index contributed by atoms with van der Waals surface area (Å²) in [4.78, 5) is 0. The van der Waals surface area contributed by atoms with E-state index in [1.165, 1.54) is 0 Å². The van der Waals surface area contributed by atoms with Crippen LogP contribution in [-0.4, -0.2) is 46.9 Å². The smallest absolute Gasteiger partial charge is 0.196 e. The molecule has 29 heavy (non-hydrogen) atoms. The zero-order valence-corrected chi connectivity index (χ0v) is 17.5. The van der Waals surface area contributed by atoms with E-state index in [1.807, 2.05) is 55.5 Å². The van der Waals surface area contributed by atoms with Crippen molar-refractivity contribution in [2.45, 2.75) is 31.0 Å². The second-order valence-corrected chi connectivity index (χ2v) is 7.73. The van der Waals surface area contributed by atoms with Crippen LogP contribution in [0.3, 0.4) is 0 Å². The van der Waals surface area contributed by atoms with E-state index >= 15 is 0 Å². The molecule has 0 saturated carbocycles. The van der Waals surface area contributed by atoms with Crippen LogP contribution in [0.15, 0.2) is 53.7 Å². The molecule has 0 amide bonds. The van der Waals surface area contributed by atoms with Crippen molar-refractivity contribution in [1.29, 1.82) is 0 Å². The summed E-state index contributed by atoms with van der Waals surface area (Å²) in [5, 5.41) is 9.85. The van der Waals surface area contributed by atoms with Gasteiger partial charge in [0.2, 0.25) is 0 Å². The van der Waals surface area contributed by atoms with E-state index in [1.54, 1.807) is 18.9 Å². The average molecular weight is 412 g/mol. The molecule has 0 spiro atoms. The van der Waals surface area contributed by atoms with Gasteiger partial charge in [-0.3, -0.25) is 4.57 Å². The second kappa shape index (κ2) is 9.33. The van der Waals surface area contributed by atoms with Gasteiger partial charge in [-0.25, -0.2) is 0 Å². The molecule has 3 aromatic rings. The Labute approximate surface area is 175 Å². The van der Waals surface area contributed by atoms with Gasteiger partial charge in [-0.1, -0.05) is 11.8 Å². The Kier molecular flexibility index (Phi) is 6.36. The first-order chi connectivity index (χ1) is 14.3. The lowest BCUT2D eigenvalue weighted by molar-refractivity contribution is 0.129. The maximum absolute atomic E-state index is 5.77. The quantitative estimate of drug-likeness (QED) is 0.505. The van der Waals surface area contributed by atoms with Crippen molar-refractivity contribution in [3.8, 4) is 28.6 Å². The van der Waals surface area contributed by atoms with E-state index < -0.39 is 0 Å². The van der Waals surface area contributed by atoms with Crippen molar-refractivity contribution in [2.24, 2.45) is 0 Å². The fourth-order valence-corrected chi connectivity index (χ4v) is 4.34. The van der Waals surface area contributed by atoms with Gasteiger partial charge in [0.1, 0.15) is 11.5 Å². The fraction of sp³-hybridized carbons (Fsp3) is 0.364. The number of rotatable bonds is 8. The summed E-state index contributed by atoms with van der Waals surface area (Å²) in [6, 6.07) is 15.9. The topological polar surface area (TPSA) is 58.4 Å². The third-order valence-electron chi connectivity index (χ3n) is 4.81. The number of aromatic nitrogens is 3. The highest BCUT2D eigenvalue weighted by atomic mass is 32.2. The van der Waals surface area contributed by atoms with Crippen LogP contribution >= 0.6 is 11.8 Å². The third kappa shape index (κ3) is 4.57. The predicted molar refractivity (Wildman–Crippen MR) is 114 cm³/mol. The lowest BCUT2D eigenvalue weighted by atomic mass is 10.2. The Morgan fingerprint density at radius 1 is 1.07 bits per heavy atom. The number of hydrogen-bond acceptors (Lipinski definition) is 6. The van der Waals surface area contributed by atoms with E-state index in [4.69, 9.17) is 14.2 Å². The molecule has 1 aromatic heterocycles. The molecule has 0 N–H and O–H groups in total. The minimum Gasteiger partial charge on any atom is -0.497 e. The van der Waals surface area contributed by atoms with E-state index in [9.17, 15) is 0 Å². The van der Waals surface area contributed by atoms with Gasteiger partial charge in [-0.2, -0.15) is 0 Å². The SMILES string of the molecule is CCOc1ccc(-n2c(SCC3CCCO3)nnc2-c2ccc(OC)cc2)cc1. The standard InChI is InChI=1S/C22H25N3O3S/c1-3-27-19-12-8-17(9-13-19)25-21(16-6-10-18(26-2)11-7-16)23-24-22(25)29-15-20-5-4-14-28-20/h6-13,20H,3-5,14-15H2,1-2H3. The normalized spacial score (nSPS) is 16.1. The third-order valence-corrected chi connectivity index (χ3v) is 5.87. The van der Waals surface area contributed by atoms with Gasteiger partial charge in [0.15, 0.2) is 11.0 Å². The van der Waals surface area contributed by atoms with Crippen molar-refractivity contribution in [3.05, 3.63) is 48.5 Å². The zero-order valence-electron chi connectivity index (χ0n) is 16.7. The Morgan fingerprint density at radius 3 is 2.48 bits per heavy atom. The Hall–Kier alpha value is -2.51. The highest BCUT2D eigenvalue weighted by Gasteiger charge is 2.20. The molecule has 0 radical (unpaired) electrons. The summed E-state index contributed by atoms with van der Waals surface area (Å²) in [5.41, 5.74) is 1.98. The van der Waals surface area contributed by atoms with E-state index in [0.717, 1.165) is 58.9 Å². The van der Waals surface area contributed by atoms with Gasteiger partial charge in [0.25, 0.3) is 0 Å². The molecule has 2 heterocycles. The second-order valence-electron chi connectivity index (χ2n) is 6.74. The monoisotopic (exact) mass is 411 g/mol. The van der Waals surface area contributed by atoms with Crippen LogP contribution in [0, 0.1) is 0 Å². The number of ether oxygens (including phenoxy) is 3. The molecule has 0 aliphatic carbocycles. The summed E-state index contributed by atoms with van der Waals surface area (Å²) in [5.74, 6) is 3.34. The number of benzene rings is 2. The van der Waals surface area contributed by atoms with E-state index in [-0.39, 0.29) is 6.10 Å². The molecule has 1 saturated heterocycles. The molecule has 2 aromatic carbocycles. The van der Waals surface area contributed by atoms with Crippen molar-refractivity contribution in [3.63, 3.8) is 0 Å². The molecule has 1 fully saturated rings. The minimum atomic E-state index is 0.287. The van der Waals surface area contributed by atoms with E-state index in [0.29, 0.717) is 6.61 Å². The van der Waals surface area contributed by atoms with Crippen LogP contribution in [0.1, 0.15) is 19.8 Å². The summed E-state index contributed by atoms with van der Waals surface area (Å²) in [6.45, 7) is 3.48. The fourth-order valence-electron chi connectivity index (χ4n) is 3.32. The van der Waals surface area contributed by atoms with Gasteiger partial charge in [0.05, 0.1) is 19.8 Å². The molecule has 1 aliphatic rings. The molecule has 1 atom stereocenters. The lowest BCUT2D eigenvalue weighted by Crippen LogP contribution is -2.09. The maximum Gasteiger partial charge on any atom is 0.196 e. The largest absolute Gasteiger partial charge is 0.497 e. The van der Waals surface area contributed by atoms with Crippen LogP contribution in [0.25, 0.3) is 17.1 Å². The van der Waals surface area contributed by atoms with E-state index in [2.05, 4.69) is 14.8 Å². The first kappa shape index (κ1) is 19.8. The maximum atomic E-state index is 5.77. The van der Waals surface area contributed by atoms with Crippen molar-refractivity contribution in [2.75, 3.05) is 26.1 Å². The Balaban J connectivity index is 1.67. The number of methoxy groups -OCH3 is 1. The molecule has 4 rings (SSSR count). The van der Waals surface area contributed by atoms with Crippen molar-refractivity contribution >= 4 is 11.8 Å². The van der Waals surface area contributed by atoms with Crippen LogP contribution in [0.2, 0.25) is 0 Å². The van der Waals surface area contributed by atoms with Gasteiger partial charge in [-0.05, 0) is 68.3 Å². The summed E-state index contributed by atoms with van der Waals surface area (Å²) >= 11 is 1.69. The summed E-state index contributed by atoms with van der Waals surface area (Å²) in [7, 11) is 1.66. The molecule has 0 bridgehead atoms. The van der Waals surface area contributed by atoms with Crippen molar-refractivity contribution < 1.29 is 14.2 Å². The van der Waals surface area contributed by atoms with Crippen LogP contribution in [-0.2, 0) is 4.74 Å². The average Bonchev–Trinajstić information content (AvgIpc) is 3.43. The molecule has 1 aliphatic heterocycles. The van der Waals surface area contributed by atoms with Crippen LogP contribution in [0.4, 0.5) is 0 Å². The first-order valence-corrected chi connectivity index (χ1v) is 10.8. The van der Waals surface area contributed by atoms with Crippen LogP contribution in [0.5, 0.6) is 11.5 Å². The molecule has 1 unspecified atom stereocenters. The molecule has 152 valence electrons. The molecular formula is C22H25N3O3S. The number of nitrogens with zero attached hydrogens (tertiary/aromatic N) is 3. The van der Waals surface area contributed by atoms with Crippen LogP contribution < -0.4 is 9.47 Å². The highest BCUT2D eigenvalue weighted by molar-refractivity contribution is 7.99. The van der Waals surface area contributed by atoms with Crippen molar-refractivity contribution in [1.82, 2.24) is 14.8 Å². The molecular weight excluding hydrogens is 386 g/mol. The van der Waals surface area contributed by atoms with Gasteiger partial charge >= 0.3 is 0 Å².